The first-order valence-electron chi connectivity index (χ1n) is 5.94. The van der Waals surface area contributed by atoms with Gasteiger partial charge < -0.3 is 4.74 Å². The highest BCUT2D eigenvalue weighted by Crippen LogP contribution is 2.19. The third kappa shape index (κ3) is 2.98. The number of aliphatic imine (C=N–C) groups is 1. The summed E-state index contributed by atoms with van der Waals surface area (Å²) in [5.41, 5.74) is 4.40. The summed E-state index contributed by atoms with van der Waals surface area (Å²) < 4.78 is 5.29. The van der Waals surface area contributed by atoms with Crippen LogP contribution < -0.4 is 4.74 Å². The molecule has 2 nitrogen and oxygen atoms in total. The molecular weight excluding hydrogens is 222 g/mol. The lowest BCUT2D eigenvalue weighted by Gasteiger charge is -2.03. The molecule has 0 atom stereocenters. The molecule has 2 rings (SSSR count). The van der Waals surface area contributed by atoms with E-state index in [1.54, 1.807) is 7.11 Å². The van der Waals surface area contributed by atoms with Crippen molar-refractivity contribution in [2.45, 2.75) is 13.8 Å². The number of hydrogen-bond acceptors (Lipinski definition) is 2. The lowest BCUT2D eigenvalue weighted by atomic mass is 10.1. The molecule has 18 heavy (non-hydrogen) atoms. The predicted molar refractivity (Wildman–Crippen MR) is 76.2 cm³/mol. The normalized spacial score (nSPS) is 10.8. The molecule has 0 bridgehead atoms. The molecule has 0 aliphatic heterocycles. The van der Waals surface area contributed by atoms with Gasteiger partial charge >= 0.3 is 0 Å². The number of rotatable bonds is 3. The first-order chi connectivity index (χ1) is 8.69. The van der Waals surface area contributed by atoms with E-state index < -0.39 is 0 Å². The van der Waals surface area contributed by atoms with Crippen LogP contribution in [0.1, 0.15) is 16.7 Å². The number of methoxy groups -OCH3 is 1. The summed E-state index contributed by atoms with van der Waals surface area (Å²) in [7, 11) is 1.67. The van der Waals surface area contributed by atoms with E-state index in [0.29, 0.717) is 0 Å². The summed E-state index contributed by atoms with van der Waals surface area (Å²) in [6.45, 7) is 4.16. The van der Waals surface area contributed by atoms with Crippen LogP contribution in [0.5, 0.6) is 5.75 Å². The first kappa shape index (κ1) is 12.4. The van der Waals surface area contributed by atoms with E-state index in [-0.39, 0.29) is 0 Å². The van der Waals surface area contributed by atoms with Crippen molar-refractivity contribution in [2.24, 2.45) is 4.99 Å². The summed E-state index contributed by atoms with van der Waals surface area (Å²) in [4.78, 5) is 4.50. The van der Waals surface area contributed by atoms with Crippen LogP contribution in [0.3, 0.4) is 0 Å². The van der Waals surface area contributed by atoms with Crippen molar-refractivity contribution in [1.29, 1.82) is 0 Å². The van der Waals surface area contributed by atoms with Gasteiger partial charge in [-0.2, -0.15) is 0 Å². The fourth-order valence-electron chi connectivity index (χ4n) is 1.94. The summed E-state index contributed by atoms with van der Waals surface area (Å²) in [6.07, 6.45) is 1.84. The molecule has 0 saturated carbocycles. The summed E-state index contributed by atoms with van der Waals surface area (Å²) in [5, 5.41) is 0. The maximum absolute atomic E-state index is 5.29. The number of aryl methyl sites for hydroxylation is 2. The van der Waals surface area contributed by atoms with Gasteiger partial charge in [-0.15, -0.1) is 0 Å². The minimum Gasteiger partial charge on any atom is -0.496 e. The number of para-hydroxylation sites is 1. The van der Waals surface area contributed by atoms with Crippen molar-refractivity contribution < 1.29 is 4.74 Å². The quantitative estimate of drug-likeness (QED) is 0.740. The Bertz CT molecular complexity index is 553. The maximum atomic E-state index is 5.29. The van der Waals surface area contributed by atoms with E-state index >= 15 is 0 Å². The van der Waals surface area contributed by atoms with Crippen LogP contribution in [0.2, 0.25) is 0 Å². The van der Waals surface area contributed by atoms with E-state index in [9.17, 15) is 0 Å². The highest BCUT2D eigenvalue weighted by Gasteiger charge is 1.98. The standard InChI is InChI=1S/C16H17NO/c1-12-8-13(2)10-15(9-12)17-11-14-6-4-5-7-16(14)18-3/h4-11H,1-3H3. The molecule has 0 heterocycles. The van der Waals surface area contributed by atoms with Gasteiger partial charge in [0.25, 0.3) is 0 Å². The number of benzene rings is 2. The molecule has 0 aromatic heterocycles. The van der Waals surface area contributed by atoms with E-state index in [0.717, 1.165) is 17.0 Å². The Kier molecular flexibility index (Phi) is 3.78. The van der Waals surface area contributed by atoms with Crippen molar-refractivity contribution in [3.8, 4) is 5.75 Å². The second-order valence-corrected chi connectivity index (χ2v) is 4.35. The summed E-state index contributed by atoms with van der Waals surface area (Å²) in [5.74, 6) is 0.839. The van der Waals surface area contributed by atoms with Crippen molar-refractivity contribution in [3.05, 3.63) is 59.2 Å². The molecule has 0 aliphatic carbocycles. The molecule has 2 aromatic carbocycles. The monoisotopic (exact) mass is 239 g/mol. The highest BCUT2D eigenvalue weighted by atomic mass is 16.5. The lowest BCUT2D eigenvalue weighted by Crippen LogP contribution is -1.89. The van der Waals surface area contributed by atoms with E-state index in [1.165, 1.54) is 11.1 Å². The Morgan fingerprint density at radius 2 is 1.67 bits per heavy atom. The average molecular weight is 239 g/mol. The van der Waals surface area contributed by atoms with Crippen LogP contribution in [0.4, 0.5) is 5.69 Å². The van der Waals surface area contributed by atoms with Gasteiger partial charge in [0.2, 0.25) is 0 Å². The molecule has 0 spiro atoms. The third-order valence-corrected chi connectivity index (χ3v) is 2.70. The SMILES string of the molecule is COc1ccccc1C=Nc1cc(C)cc(C)c1. The Labute approximate surface area is 108 Å². The Hall–Kier alpha value is -2.09. The van der Waals surface area contributed by atoms with Gasteiger partial charge in [0.15, 0.2) is 0 Å². The lowest BCUT2D eigenvalue weighted by molar-refractivity contribution is 0.414. The zero-order valence-corrected chi connectivity index (χ0v) is 11.0. The minimum atomic E-state index is 0.839. The molecule has 0 fully saturated rings. The minimum absolute atomic E-state index is 0.839. The van der Waals surface area contributed by atoms with Gasteiger partial charge in [-0.3, -0.25) is 4.99 Å². The molecule has 2 heteroatoms. The second-order valence-electron chi connectivity index (χ2n) is 4.35. The van der Waals surface area contributed by atoms with Gasteiger partial charge in [0.1, 0.15) is 5.75 Å². The van der Waals surface area contributed by atoms with Gasteiger partial charge in [-0.05, 0) is 49.2 Å². The van der Waals surface area contributed by atoms with Crippen LogP contribution in [-0.4, -0.2) is 13.3 Å². The Balaban J connectivity index is 2.30. The molecule has 0 saturated heterocycles. The average Bonchev–Trinajstić information content (AvgIpc) is 2.35. The van der Waals surface area contributed by atoms with Crippen LogP contribution in [0.25, 0.3) is 0 Å². The van der Waals surface area contributed by atoms with Crippen LogP contribution in [0, 0.1) is 13.8 Å². The third-order valence-electron chi connectivity index (χ3n) is 2.70. The molecular formula is C16H17NO. The van der Waals surface area contributed by atoms with Crippen molar-refractivity contribution in [2.75, 3.05) is 7.11 Å². The maximum Gasteiger partial charge on any atom is 0.127 e. The molecule has 0 aliphatic rings. The predicted octanol–water partition coefficient (Wildman–Crippen LogP) is 4.06. The van der Waals surface area contributed by atoms with E-state index in [2.05, 4.69) is 37.0 Å². The number of ether oxygens (including phenoxy) is 1. The van der Waals surface area contributed by atoms with Gasteiger partial charge in [0.05, 0.1) is 12.8 Å². The largest absolute Gasteiger partial charge is 0.496 e. The van der Waals surface area contributed by atoms with Crippen molar-refractivity contribution >= 4 is 11.9 Å². The number of hydrogen-bond donors (Lipinski definition) is 0. The fraction of sp³-hybridized carbons (Fsp3) is 0.188. The zero-order chi connectivity index (χ0) is 13.0. The number of nitrogens with zero attached hydrogens (tertiary/aromatic N) is 1. The Morgan fingerprint density at radius 3 is 2.33 bits per heavy atom. The molecule has 2 aromatic rings. The van der Waals surface area contributed by atoms with Crippen molar-refractivity contribution in [3.63, 3.8) is 0 Å². The van der Waals surface area contributed by atoms with Gasteiger partial charge in [-0.25, -0.2) is 0 Å². The van der Waals surface area contributed by atoms with Gasteiger partial charge in [0, 0.05) is 11.8 Å². The van der Waals surface area contributed by atoms with Crippen LogP contribution in [-0.2, 0) is 0 Å². The smallest absolute Gasteiger partial charge is 0.127 e. The molecule has 92 valence electrons. The summed E-state index contributed by atoms with van der Waals surface area (Å²) in [6, 6.07) is 14.1. The van der Waals surface area contributed by atoms with Crippen molar-refractivity contribution in [1.82, 2.24) is 0 Å². The first-order valence-corrected chi connectivity index (χ1v) is 5.94. The Morgan fingerprint density at radius 1 is 1.00 bits per heavy atom. The fourth-order valence-corrected chi connectivity index (χ4v) is 1.94. The molecule has 0 amide bonds. The van der Waals surface area contributed by atoms with E-state index in [1.807, 2.05) is 30.5 Å². The zero-order valence-electron chi connectivity index (χ0n) is 11.0. The second kappa shape index (κ2) is 5.50. The van der Waals surface area contributed by atoms with Gasteiger partial charge in [-0.1, -0.05) is 18.2 Å². The van der Waals surface area contributed by atoms with E-state index in [4.69, 9.17) is 4.74 Å². The van der Waals surface area contributed by atoms with Crippen LogP contribution in [0.15, 0.2) is 47.5 Å². The topological polar surface area (TPSA) is 21.6 Å². The van der Waals surface area contributed by atoms with Crippen LogP contribution >= 0.6 is 0 Å². The molecule has 0 unspecified atom stereocenters. The molecule has 0 N–H and O–H groups in total. The summed E-state index contributed by atoms with van der Waals surface area (Å²) >= 11 is 0. The molecule has 0 radical (unpaired) electrons. The highest BCUT2D eigenvalue weighted by molar-refractivity contribution is 5.85.